The molecule has 0 aliphatic heterocycles. The molecule has 0 aliphatic carbocycles. The molecule has 4 nitrogen and oxygen atoms in total. The Morgan fingerprint density at radius 1 is 1.65 bits per heavy atom. The van der Waals surface area contributed by atoms with E-state index in [0.29, 0.717) is 0 Å². The van der Waals surface area contributed by atoms with E-state index in [2.05, 4.69) is 11.2 Å². The van der Waals surface area contributed by atoms with Crippen LogP contribution in [0.25, 0.3) is 0 Å². The lowest BCUT2D eigenvalue weighted by molar-refractivity contribution is -0.117. The summed E-state index contributed by atoms with van der Waals surface area (Å²) in [6.45, 7) is 0. The Morgan fingerprint density at radius 3 is 2.88 bits per heavy atom. The fourth-order valence-electron chi connectivity index (χ4n) is 1.13. The zero-order valence-corrected chi connectivity index (χ0v) is 8.90. The third-order valence-electron chi connectivity index (χ3n) is 2.03. The first-order valence-electron chi connectivity index (χ1n) is 4.78. The number of hydrogen-bond acceptors (Lipinski definition) is 3. The Bertz CT molecular complexity index is 513. The molecular weight excluding hydrogens is 221 g/mol. The van der Waals surface area contributed by atoms with E-state index in [1.807, 2.05) is 0 Å². The van der Waals surface area contributed by atoms with Crippen molar-refractivity contribution >= 4 is 11.6 Å². The number of carbonyl (C=O) groups excluding carboxylic acids is 1. The number of rotatable bonds is 3. The van der Waals surface area contributed by atoms with Crippen LogP contribution < -0.4 is 11.1 Å². The third-order valence-corrected chi connectivity index (χ3v) is 2.03. The summed E-state index contributed by atoms with van der Waals surface area (Å²) in [6.07, 6.45) is 5.08. The Hall–Kier alpha value is -2.37. The molecule has 0 heterocycles. The van der Waals surface area contributed by atoms with Gasteiger partial charge in [0.2, 0.25) is 5.91 Å². The van der Waals surface area contributed by atoms with Gasteiger partial charge in [-0.15, -0.1) is 12.3 Å². The molecule has 0 saturated carbocycles. The van der Waals surface area contributed by atoms with Gasteiger partial charge >= 0.3 is 0 Å². The molecule has 0 radical (unpaired) electrons. The molecule has 1 rings (SSSR count). The van der Waals surface area contributed by atoms with Crippen LogP contribution in [0.5, 0.6) is 0 Å². The van der Waals surface area contributed by atoms with Gasteiger partial charge in [-0.1, -0.05) is 0 Å². The van der Waals surface area contributed by atoms with Gasteiger partial charge in [-0.05, 0) is 18.2 Å². The van der Waals surface area contributed by atoms with Crippen LogP contribution in [0, 0.1) is 29.5 Å². The molecule has 0 aliphatic rings. The molecule has 0 bridgehead atoms. The lowest BCUT2D eigenvalue weighted by Gasteiger charge is -2.10. The van der Waals surface area contributed by atoms with Gasteiger partial charge in [-0.2, -0.15) is 5.26 Å². The monoisotopic (exact) mass is 231 g/mol. The van der Waals surface area contributed by atoms with Crippen molar-refractivity contribution in [2.45, 2.75) is 12.5 Å². The van der Waals surface area contributed by atoms with Crippen molar-refractivity contribution in [3.8, 4) is 18.4 Å². The number of benzene rings is 1. The van der Waals surface area contributed by atoms with Crippen molar-refractivity contribution in [3.63, 3.8) is 0 Å². The molecule has 5 heteroatoms. The normalized spacial score (nSPS) is 11.1. The highest BCUT2D eigenvalue weighted by molar-refractivity contribution is 5.95. The summed E-state index contributed by atoms with van der Waals surface area (Å²) < 4.78 is 13.4. The second-order valence-corrected chi connectivity index (χ2v) is 3.31. The van der Waals surface area contributed by atoms with Crippen LogP contribution in [-0.4, -0.2) is 11.9 Å². The average molecular weight is 231 g/mol. The number of nitriles is 1. The van der Waals surface area contributed by atoms with Crippen LogP contribution in [0.2, 0.25) is 0 Å². The number of anilines is 1. The van der Waals surface area contributed by atoms with E-state index in [1.54, 1.807) is 6.07 Å². The maximum atomic E-state index is 13.4. The molecule has 17 heavy (non-hydrogen) atoms. The Morgan fingerprint density at radius 2 is 2.35 bits per heavy atom. The lowest BCUT2D eigenvalue weighted by Crippen LogP contribution is -2.35. The molecule has 0 saturated heterocycles. The van der Waals surface area contributed by atoms with Gasteiger partial charge in [0.05, 0.1) is 23.4 Å². The van der Waals surface area contributed by atoms with Crippen LogP contribution in [-0.2, 0) is 4.79 Å². The van der Waals surface area contributed by atoms with Gasteiger partial charge < -0.3 is 11.1 Å². The Kier molecular flexibility index (Phi) is 4.21. The fraction of sp³-hybridized carbons (Fsp3) is 0.167. The van der Waals surface area contributed by atoms with E-state index in [9.17, 15) is 9.18 Å². The molecule has 0 aromatic heterocycles. The number of nitrogens with two attached hydrogens (primary N) is 1. The molecule has 1 amide bonds. The smallest absolute Gasteiger partial charge is 0.242 e. The van der Waals surface area contributed by atoms with Gasteiger partial charge in [0.15, 0.2) is 0 Å². The van der Waals surface area contributed by atoms with Gasteiger partial charge in [0, 0.05) is 6.42 Å². The highest BCUT2D eigenvalue weighted by Crippen LogP contribution is 2.15. The maximum absolute atomic E-state index is 13.4. The first-order chi connectivity index (χ1) is 8.08. The molecule has 1 aromatic carbocycles. The van der Waals surface area contributed by atoms with E-state index in [0.717, 1.165) is 6.07 Å². The topological polar surface area (TPSA) is 78.9 Å². The SMILES string of the molecule is C#CCC(N)C(=O)Nc1ccc(C#N)cc1F. The van der Waals surface area contributed by atoms with E-state index in [1.165, 1.54) is 12.1 Å². The molecule has 1 aromatic rings. The van der Waals surface area contributed by atoms with Crippen molar-refractivity contribution in [1.82, 2.24) is 0 Å². The number of terminal acetylenes is 1. The average Bonchev–Trinajstić information content (AvgIpc) is 2.31. The molecule has 0 fully saturated rings. The minimum Gasteiger partial charge on any atom is -0.322 e. The number of carbonyl (C=O) groups is 1. The molecular formula is C12H10FN3O. The summed E-state index contributed by atoms with van der Waals surface area (Å²) in [5.41, 5.74) is 5.60. The van der Waals surface area contributed by atoms with Gasteiger partial charge in [0.25, 0.3) is 0 Å². The summed E-state index contributed by atoms with van der Waals surface area (Å²) in [6, 6.07) is 4.63. The summed E-state index contributed by atoms with van der Waals surface area (Å²) in [5, 5.41) is 10.8. The van der Waals surface area contributed by atoms with Crippen LogP contribution in [0.15, 0.2) is 18.2 Å². The quantitative estimate of drug-likeness (QED) is 0.761. The van der Waals surface area contributed by atoms with Gasteiger partial charge in [0.1, 0.15) is 5.82 Å². The van der Waals surface area contributed by atoms with Gasteiger partial charge in [-0.3, -0.25) is 4.79 Å². The number of nitrogens with one attached hydrogen (secondary N) is 1. The number of amides is 1. The number of nitrogens with zero attached hydrogens (tertiary/aromatic N) is 1. The standard InChI is InChI=1S/C12H10FN3O/c1-2-3-10(15)12(17)16-11-5-4-8(7-14)6-9(11)13/h1,4-6,10H,3,15H2,(H,16,17). The van der Waals surface area contributed by atoms with Crippen molar-refractivity contribution in [3.05, 3.63) is 29.6 Å². The zero-order chi connectivity index (χ0) is 12.8. The van der Waals surface area contributed by atoms with E-state index < -0.39 is 17.8 Å². The molecule has 1 atom stereocenters. The Balaban J connectivity index is 2.80. The van der Waals surface area contributed by atoms with E-state index >= 15 is 0 Å². The highest BCUT2D eigenvalue weighted by atomic mass is 19.1. The second-order valence-electron chi connectivity index (χ2n) is 3.31. The first kappa shape index (κ1) is 12.7. The van der Waals surface area contributed by atoms with E-state index in [4.69, 9.17) is 17.4 Å². The first-order valence-corrected chi connectivity index (χ1v) is 4.78. The van der Waals surface area contributed by atoms with Crippen molar-refractivity contribution < 1.29 is 9.18 Å². The summed E-state index contributed by atoms with van der Waals surface area (Å²) in [4.78, 5) is 11.4. The molecule has 3 N–H and O–H groups in total. The molecule has 86 valence electrons. The van der Waals surface area contributed by atoms with Crippen molar-refractivity contribution in [2.75, 3.05) is 5.32 Å². The fourth-order valence-corrected chi connectivity index (χ4v) is 1.13. The Labute approximate surface area is 98.2 Å². The van der Waals surface area contributed by atoms with Crippen LogP contribution in [0.3, 0.4) is 0 Å². The minimum atomic E-state index is -0.880. The molecule has 0 spiro atoms. The van der Waals surface area contributed by atoms with Crippen molar-refractivity contribution in [1.29, 1.82) is 5.26 Å². The second kappa shape index (κ2) is 5.64. The lowest BCUT2D eigenvalue weighted by atomic mass is 10.2. The predicted octanol–water partition coefficient (Wildman–Crippen LogP) is 0.986. The van der Waals surface area contributed by atoms with Gasteiger partial charge in [-0.25, -0.2) is 4.39 Å². The van der Waals surface area contributed by atoms with Crippen LogP contribution in [0.4, 0.5) is 10.1 Å². The summed E-state index contributed by atoms with van der Waals surface area (Å²) in [7, 11) is 0. The highest BCUT2D eigenvalue weighted by Gasteiger charge is 2.14. The van der Waals surface area contributed by atoms with Crippen LogP contribution >= 0.6 is 0 Å². The largest absolute Gasteiger partial charge is 0.322 e. The maximum Gasteiger partial charge on any atom is 0.242 e. The number of halogens is 1. The van der Waals surface area contributed by atoms with Crippen LogP contribution in [0.1, 0.15) is 12.0 Å². The predicted molar refractivity (Wildman–Crippen MR) is 61.2 cm³/mol. The zero-order valence-electron chi connectivity index (χ0n) is 8.90. The minimum absolute atomic E-state index is 0.0264. The summed E-state index contributed by atoms with van der Waals surface area (Å²) >= 11 is 0. The summed E-state index contributed by atoms with van der Waals surface area (Å²) in [5.74, 6) is 0.991. The van der Waals surface area contributed by atoms with E-state index in [-0.39, 0.29) is 17.7 Å². The molecule has 1 unspecified atom stereocenters. The van der Waals surface area contributed by atoms with Crippen molar-refractivity contribution in [2.24, 2.45) is 5.73 Å². The third kappa shape index (κ3) is 3.30. The number of hydrogen-bond donors (Lipinski definition) is 2.